The topological polar surface area (TPSA) is 93.7 Å². The predicted octanol–water partition coefficient (Wildman–Crippen LogP) is 0.433. The molecule has 7 nitrogen and oxygen atoms in total. The van der Waals surface area contributed by atoms with Crippen molar-refractivity contribution in [2.75, 3.05) is 26.8 Å². The molecule has 0 aliphatic heterocycles. The van der Waals surface area contributed by atoms with Crippen LogP contribution in [0, 0.1) is 6.92 Å². The van der Waals surface area contributed by atoms with Crippen molar-refractivity contribution in [3.05, 3.63) is 28.8 Å². The van der Waals surface area contributed by atoms with Gasteiger partial charge in [0.1, 0.15) is 5.75 Å². The fraction of sp³-hybridized carbons (Fsp3) is 0.357. The van der Waals surface area contributed by atoms with Gasteiger partial charge in [0.05, 0.1) is 6.54 Å². The van der Waals surface area contributed by atoms with E-state index in [4.69, 9.17) is 21.1 Å². The van der Waals surface area contributed by atoms with Crippen LogP contribution in [0.5, 0.6) is 5.75 Å². The summed E-state index contributed by atoms with van der Waals surface area (Å²) < 4.78 is 9.93. The van der Waals surface area contributed by atoms with Gasteiger partial charge in [-0.25, -0.2) is 4.79 Å². The first-order chi connectivity index (χ1) is 10.4. The summed E-state index contributed by atoms with van der Waals surface area (Å²) in [4.78, 5) is 33.6. The molecule has 8 heteroatoms. The highest BCUT2D eigenvalue weighted by molar-refractivity contribution is 6.31. The van der Waals surface area contributed by atoms with Crippen LogP contribution in [0.4, 0.5) is 0 Å². The number of benzene rings is 1. The molecular formula is C14H17ClN2O5. The van der Waals surface area contributed by atoms with Gasteiger partial charge in [-0.3, -0.25) is 9.59 Å². The number of esters is 1. The summed E-state index contributed by atoms with van der Waals surface area (Å²) in [7, 11) is 1.45. The van der Waals surface area contributed by atoms with E-state index in [1.807, 2.05) is 6.92 Å². The second kappa shape index (κ2) is 8.89. The van der Waals surface area contributed by atoms with Crippen LogP contribution in [0.3, 0.4) is 0 Å². The summed E-state index contributed by atoms with van der Waals surface area (Å²) in [6.45, 7) is 0.834. The quantitative estimate of drug-likeness (QED) is 0.708. The van der Waals surface area contributed by atoms with E-state index >= 15 is 0 Å². The van der Waals surface area contributed by atoms with Crippen LogP contribution in [-0.4, -0.2) is 44.6 Å². The van der Waals surface area contributed by atoms with Gasteiger partial charge in [0.25, 0.3) is 5.91 Å². The van der Waals surface area contributed by atoms with E-state index in [1.165, 1.54) is 7.05 Å². The van der Waals surface area contributed by atoms with E-state index < -0.39 is 18.5 Å². The minimum absolute atomic E-state index is 0.173. The van der Waals surface area contributed by atoms with Gasteiger partial charge >= 0.3 is 5.97 Å². The third-order valence-electron chi connectivity index (χ3n) is 2.58. The smallest absolute Gasteiger partial charge is 0.344 e. The van der Waals surface area contributed by atoms with Gasteiger partial charge in [-0.2, -0.15) is 0 Å². The number of ether oxygens (including phenoxy) is 2. The first-order valence-corrected chi connectivity index (χ1v) is 6.82. The van der Waals surface area contributed by atoms with Crippen molar-refractivity contribution >= 4 is 29.4 Å². The number of nitrogens with one attached hydrogen (secondary N) is 2. The first-order valence-electron chi connectivity index (χ1n) is 6.44. The fourth-order valence-corrected chi connectivity index (χ4v) is 1.47. The molecule has 0 heterocycles. The Morgan fingerprint density at radius 1 is 1.18 bits per heavy atom. The summed E-state index contributed by atoms with van der Waals surface area (Å²) in [5.41, 5.74) is 0.820. The third-order valence-corrected chi connectivity index (χ3v) is 3.00. The maximum absolute atomic E-state index is 11.4. The van der Waals surface area contributed by atoms with Crippen molar-refractivity contribution in [3.63, 3.8) is 0 Å². The lowest BCUT2D eigenvalue weighted by Crippen LogP contribution is -2.37. The van der Waals surface area contributed by atoms with Crippen molar-refractivity contribution in [1.29, 1.82) is 0 Å². The molecule has 0 aromatic heterocycles. The van der Waals surface area contributed by atoms with Crippen LogP contribution < -0.4 is 15.4 Å². The van der Waals surface area contributed by atoms with Gasteiger partial charge in [0, 0.05) is 12.1 Å². The Bertz CT molecular complexity index is 562. The number of carbonyl (C=O) groups excluding carboxylic acids is 3. The molecule has 0 fully saturated rings. The van der Waals surface area contributed by atoms with Crippen molar-refractivity contribution < 1.29 is 23.9 Å². The lowest BCUT2D eigenvalue weighted by molar-refractivity contribution is -0.150. The van der Waals surface area contributed by atoms with E-state index in [9.17, 15) is 14.4 Å². The lowest BCUT2D eigenvalue weighted by Gasteiger charge is -2.08. The molecule has 0 atom stereocenters. The molecular weight excluding hydrogens is 312 g/mol. The standard InChI is InChI=1S/C14H17ClN2O5/c1-9-5-10(3-4-11(9)15)21-8-14(20)22-7-13(19)17-6-12(18)16-2/h3-5H,6-8H2,1-2H3,(H,16,18)(H,17,19). The van der Waals surface area contributed by atoms with Crippen LogP contribution in [-0.2, 0) is 19.1 Å². The van der Waals surface area contributed by atoms with Crippen molar-refractivity contribution in [2.24, 2.45) is 0 Å². The van der Waals surface area contributed by atoms with E-state index in [0.29, 0.717) is 10.8 Å². The highest BCUT2D eigenvalue weighted by Gasteiger charge is 2.09. The minimum atomic E-state index is -0.692. The number of aryl methyl sites for hydroxylation is 1. The van der Waals surface area contributed by atoms with E-state index in [1.54, 1.807) is 18.2 Å². The third kappa shape index (κ3) is 6.45. The Hall–Kier alpha value is -2.28. The van der Waals surface area contributed by atoms with E-state index in [0.717, 1.165) is 5.56 Å². The Labute approximate surface area is 132 Å². The second-order valence-electron chi connectivity index (χ2n) is 4.31. The molecule has 2 amide bonds. The summed E-state index contributed by atoms with van der Waals surface area (Å²) in [5, 5.41) is 5.23. The Morgan fingerprint density at radius 2 is 1.91 bits per heavy atom. The molecule has 0 saturated carbocycles. The summed E-state index contributed by atoms with van der Waals surface area (Å²) in [6.07, 6.45) is 0. The summed E-state index contributed by atoms with van der Waals surface area (Å²) in [6, 6.07) is 4.97. The molecule has 1 rings (SSSR count). The Balaban J connectivity index is 2.27. The molecule has 0 bridgehead atoms. The first kappa shape index (κ1) is 17.8. The normalized spacial score (nSPS) is 9.77. The molecule has 1 aromatic rings. The largest absolute Gasteiger partial charge is 0.482 e. The van der Waals surface area contributed by atoms with Gasteiger partial charge in [-0.05, 0) is 30.7 Å². The molecule has 120 valence electrons. The molecule has 2 N–H and O–H groups in total. The molecule has 1 aromatic carbocycles. The fourth-order valence-electron chi connectivity index (χ4n) is 1.36. The Kier molecular flexibility index (Phi) is 7.18. The van der Waals surface area contributed by atoms with Crippen LogP contribution in [0.2, 0.25) is 5.02 Å². The number of rotatable bonds is 7. The average molecular weight is 329 g/mol. The molecule has 0 spiro atoms. The number of hydrogen-bond acceptors (Lipinski definition) is 5. The zero-order chi connectivity index (χ0) is 16.5. The van der Waals surface area contributed by atoms with Crippen LogP contribution >= 0.6 is 11.6 Å². The van der Waals surface area contributed by atoms with Gasteiger partial charge in [0.2, 0.25) is 5.91 Å². The summed E-state index contributed by atoms with van der Waals surface area (Å²) >= 11 is 5.87. The van der Waals surface area contributed by atoms with E-state index in [2.05, 4.69) is 10.6 Å². The number of halogens is 1. The number of hydrogen-bond donors (Lipinski definition) is 2. The second-order valence-corrected chi connectivity index (χ2v) is 4.72. The molecule has 0 unspecified atom stereocenters. The monoisotopic (exact) mass is 328 g/mol. The predicted molar refractivity (Wildman–Crippen MR) is 79.7 cm³/mol. The molecule has 0 radical (unpaired) electrons. The van der Waals surface area contributed by atoms with Gasteiger partial charge in [-0.1, -0.05) is 11.6 Å². The van der Waals surface area contributed by atoms with Crippen LogP contribution in [0.25, 0.3) is 0 Å². The average Bonchev–Trinajstić information content (AvgIpc) is 2.51. The number of likely N-dealkylation sites (N-methyl/N-ethyl adjacent to an activating group) is 1. The number of amides is 2. The zero-order valence-electron chi connectivity index (χ0n) is 12.3. The maximum atomic E-state index is 11.4. The minimum Gasteiger partial charge on any atom is -0.482 e. The highest BCUT2D eigenvalue weighted by atomic mass is 35.5. The van der Waals surface area contributed by atoms with Crippen LogP contribution in [0.1, 0.15) is 5.56 Å². The molecule has 0 aliphatic carbocycles. The van der Waals surface area contributed by atoms with Crippen molar-refractivity contribution in [1.82, 2.24) is 10.6 Å². The van der Waals surface area contributed by atoms with Crippen molar-refractivity contribution in [3.8, 4) is 5.75 Å². The van der Waals surface area contributed by atoms with Crippen molar-refractivity contribution in [2.45, 2.75) is 6.92 Å². The highest BCUT2D eigenvalue weighted by Crippen LogP contribution is 2.20. The lowest BCUT2D eigenvalue weighted by atomic mass is 10.2. The Morgan fingerprint density at radius 3 is 2.55 bits per heavy atom. The SMILES string of the molecule is CNC(=O)CNC(=O)COC(=O)COc1ccc(Cl)c(C)c1. The maximum Gasteiger partial charge on any atom is 0.344 e. The summed E-state index contributed by atoms with van der Waals surface area (Å²) in [5.74, 6) is -1.13. The van der Waals surface area contributed by atoms with Crippen LogP contribution in [0.15, 0.2) is 18.2 Å². The van der Waals surface area contributed by atoms with E-state index in [-0.39, 0.29) is 19.1 Å². The van der Waals surface area contributed by atoms with Gasteiger partial charge in [0.15, 0.2) is 13.2 Å². The molecule has 22 heavy (non-hydrogen) atoms. The number of carbonyl (C=O) groups is 3. The van der Waals surface area contributed by atoms with Gasteiger partial charge < -0.3 is 20.1 Å². The van der Waals surface area contributed by atoms with Gasteiger partial charge in [-0.15, -0.1) is 0 Å². The molecule has 0 aliphatic rings. The molecule has 0 saturated heterocycles. The zero-order valence-corrected chi connectivity index (χ0v) is 13.0.